The number of rotatable bonds is 5. The predicted molar refractivity (Wildman–Crippen MR) is 68.2 cm³/mol. The third-order valence-corrected chi connectivity index (χ3v) is 3.36. The van der Waals surface area contributed by atoms with Gasteiger partial charge in [-0.2, -0.15) is 0 Å². The third-order valence-electron chi connectivity index (χ3n) is 3.36. The van der Waals surface area contributed by atoms with Gasteiger partial charge in [-0.1, -0.05) is 12.1 Å². The standard InChI is InChI=1S/C14H18FNO3/c15-12-3-1-11(2-4-12)13(8-17)14(18)16-7-10-5-6-19-9-10/h1-4,10,13,17H,5-9H2,(H,16,18)/t10-,13+/m1/s1. The zero-order chi connectivity index (χ0) is 13.7. The Kier molecular flexibility index (Phi) is 4.87. The van der Waals surface area contributed by atoms with E-state index in [1.165, 1.54) is 24.3 Å². The van der Waals surface area contributed by atoms with Crippen LogP contribution in [0.25, 0.3) is 0 Å². The van der Waals surface area contributed by atoms with Crippen molar-refractivity contribution in [2.45, 2.75) is 12.3 Å². The largest absolute Gasteiger partial charge is 0.395 e. The van der Waals surface area contributed by atoms with Crippen molar-refractivity contribution in [2.24, 2.45) is 5.92 Å². The summed E-state index contributed by atoms with van der Waals surface area (Å²) in [6.45, 7) is 1.66. The van der Waals surface area contributed by atoms with Gasteiger partial charge in [0, 0.05) is 19.1 Å². The summed E-state index contributed by atoms with van der Waals surface area (Å²) in [7, 11) is 0. The number of carbonyl (C=O) groups is 1. The average molecular weight is 267 g/mol. The molecule has 0 aliphatic carbocycles. The van der Waals surface area contributed by atoms with Crippen molar-refractivity contribution in [2.75, 3.05) is 26.4 Å². The fraction of sp³-hybridized carbons (Fsp3) is 0.500. The minimum absolute atomic E-state index is 0.235. The van der Waals surface area contributed by atoms with Crippen LogP contribution < -0.4 is 5.32 Å². The van der Waals surface area contributed by atoms with E-state index in [0.29, 0.717) is 24.6 Å². The van der Waals surface area contributed by atoms with Crippen LogP contribution in [0.15, 0.2) is 24.3 Å². The number of aliphatic hydroxyl groups is 1. The van der Waals surface area contributed by atoms with Crippen molar-refractivity contribution in [3.05, 3.63) is 35.6 Å². The summed E-state index contributed by atoms with van der Waals surface area (Å²) in [5.74, 6) is -0.899. The first-order valence-corrected chi connectivity index (χ1v) is 6.42. The summed E-state index contributed by atoms with van der Waals surface area (Å²) in [6, 6.07) is 5.62. The summed E-state index contributed by atoms with van der Waals surface area (Å²) in [5.41, 5.74) is 0.615. The van der Waals surface area contributed by atoms with Gasteiger partial charge in [-0.05, 0) is 24.1 Å². The van der Waals surface area contributed by atoms with Gasteiger partial charge in [-0.15, -0.1) is 0 Å². The molecule has 4 nitrogen and oxygen atoms in total. The van der Waals surface area contributed by atoms with E-state index in [9.17, 15) is 14.3 Å². The Morgan fingerprint density at radius 2 is 2.21 bits per heavy atom. The van der Waals surface area contributed by atoms with Crippen LogP contribution in [0.1, 0.15) is 17.9 Å². The van der Waals surface area contributed by atoms with Crippen molar-refractivity contribution in [3.63, 3.8) is 0 Å². The summed E-state index contributed by atoms with van der Waals surface area (Å²) < 4.78 is 18.1. The van der Waals surface area contributed by atoms with Gasteiger partial charge < -0.3 is 15.2 Å². The molecule has 1 fully saturated rings. The molecule has 5 heteroatoms. The highest BCUT2D eigenvalue weighted by Gasteiger charge is 2.22. The van der Waals surface area contributed by atoms with Crippen LogP contribution in [0.4, 0.5) is 4.39 Å². The maximum atomic E-state index is 12.8. The van der Waals surface area contributed by atoms with Gasteiger partial charge in [0.25, 0.3) is 0 Å². The number of nitrogens with one attached hydrogen (secondary N) is 1. The molecule has 0 bridgehead atoms. The maximum Gasteiger partial charge on any atom is 0.229 e. The minimum atomic E-state index is -0.650. The number of benzene rings is 1. The van der Waals surface area contributed by atoms with Gasteiger partial charge in [0.05, 0.1) is 19.1 Å². The van der Waals surface area contributed by atoms with Gasteiger partial charge in [-0.25, -0.2) is 4.39 Å². The number of halogens is 1. The molecule has 0 spiro atoms. The highest BCUT2D eigenvalue weighted by Crippen LogP contribution is 2.17. The lowest BCUT2D eigenvalue weighted by atomic mass is 9.98. The Labute approximate surface area is 111 Å². The number of amides is 1. The second kappa shape index (κ2) is 6.63. The van der Waals surface area contributed by atoms with Gasteiger partial charge in [0.1, 0.15) is 5.82 Å². The molecule has 1 aromatic rings. The van der Waals surface area contributed by atoms with Crippen molar-refractivity contribution >= 4 is 5.91 Å². The quantitative estimate of drug-likeness (QED) is 0.838. The molecular weight excluding hydrogens is 249 g/mol. The Morgan fingerprint density at radius 3 is 2.79 bits per heavy atom. The molecular formula is C14H18FNO3. The van der Waals surface area contributed by atoms with Crippen LogP contribution >= 0.6 is 0 Å². The zero-order valence-electron chi connectivity index (χ0n) is 10.6. The van der Waals surface area contributed by atoms with Crippen molar-refractivity contribution in [3.8, 4) is 0 Å². The Bertz CT molecular complexity index is 415. The van der Waals surface area contributed by atoms with Crippen LogP contribution in [-0.4, -0.2) is 37.4 Å². The van der Waals surface area contributed by atoms with Crippen LogP contribution in [0.3, 0.4) is 0 Å². The van der Waals surface area contributed by atoms with Crippen LogP contribution in [0, 0.1) is 11.7 Å². The lowest BCUT2D eigenvalue weighted by Gasteiger charge is -2.16. The second-order valence-electron chi connectivity index (χ2n) is 4.76. The average Bonchev–Trinajstić information content (AvgIpc) is 2.92. The molecule has 104 valence electrons. The maximum absolute atomic E-state index is 12.8. The van der Waals surface area contributed by atoms with Gasteiger partial charge >= 0.3 is 0 Å². The Balaban J connectivity index is 1.92. The van der Waals surface area contributed by atoms with Crippen LogP contribution in [0.5, 0.6) is 0 Å². The van der Waals surface area contributed by atoms with E-state index in [1.807, 2.05) is 0 Å². The summed E-state index contributed by atoms with van der Waals surface area (Å²) in [4.78, 5) is 12.0. The smallest absolute Gasteiger partial charge is 0.229 e. The number of hydrogen-bond acceptors (Lipinski definition) is 3. The van der Waals surface area contributed by atoms with E-state index in [4.69, 9.17) is 4.74 Å². The first-order valence-electron chi connectivity index (χ1n) is 6.42. The molecule has 0 radical (unpaired) electrons. The normalized spacial score (nSPS) is 20.2. The third kappa shape index (κ3) is 3.75. The van der Waals surface area contributed by atoms with Gasteiger partial charge in [0.15, 0.2) is 0 Å². The molecule has 1 heterocycles. The molecule has 0 unspecified atom stereocenters. The highest BCUT2D eigenvalue weighted by atomic mass is 19.1. The monoisotopic (exact) mass is 267 g/mol. The molecule has 2 rings (SSSR count). The Morgan fingerprint density at radius 1 is 1.47 bits per heavy atom. The number of ether oxygens (including phenoxy) is 1. The number of aliphatic hydroxyl groups excluding tert-OH is 1. The number of carbonyl (C=O) groups excluding carboxylic acids is 1. The summed E-state index contributed by atoms with van der Waals surface area (Å²) in [5, 5.41) is 12.1. The van der Waals surface area contributed by atoms with Crippen molar-refractivity contribution in [1.29, 1.82) is 0 Å². The number of hydrogen-bond donors (Lipinski definition) is 2. The van der Waals surface area contributed by atoms with E-state index in [2.05, 4.69) is 5.32 Å². The molecule has 2 atom stereocenters. The van der Waals surface area contributed by atoms with Crippen LogP contribution in [0.2, 0.25) is 0 Å². The van der Waals surface area contributed by atoms with E-state index in [0.717, 1.165) is 13.0 Å². The molecule has 1 aliphatic rings. The molecule has 1 amide bonds. The van der Waals surface area contributed by atoms with E-state index in [-0.39, 0.29) is 18.3 Å². The molecule has 19 heavy (non-hydrogen) atoms. The fourth-order valence-electron chi connectivity index (χ4n) is 2.15. The summed E-state index contributed by atoms with van der Waals surface area (Å²) in [6.07, 6.45) is 0.945. The van der Waals surface area contributed by atoms with Gasteiger partial charge in [0.2, 0.25) is 5.91 Å². The summed E-state index contributed by atoms with van der Waals surface area (Å²) >= 11 is 0. The van der Waals surface area contributed by atoms with Crippen molar-refractivity contribution in [1.82, 2.24) is 5.32 Å². The lowest BCUT2D eigenvalue weighted by molar-refractivity contribution is -0.123. The van der Waals surface area contributed by atoms with Crippen molar-refractivity contribution < 1.29 is 19.0 Å². The zero-order valence-corrected chi connectivity index (χ0v) is 10.6. The first kappa shape index (κ1) is 14.0. The topological polar surface area (TPSA) is 58.6 Å². The molecule has 1 aromatic carbocycles. The lowest BCUT2D eigenvalue weighted by Crippen LogP contribution is -2.35. The molecule has 0 saturated carbocycles. The second-order valence-corrected chi connectivity index (χ2v) is 4.76. The van der Waals surface area contributed by atoms with Crippen LogP contribution in [-0.2, 0) is 9.53 Å². The molecule has 1 saturated heterocycles. The fourth-order valence-corrected chi connectivity index (χ4v) is 2.15. The Hall–Kier alpha value is -1.46. The molecule has 0 aromatic heterocycles. The highest BCUT2D eigenvalue weighted by molar-refractivity contribution is 5.83. The van der Waals surface area contributed by atoms with E-state index in [1.54, 1.807) is 0 Å². The predicted octanol–water partition coefficient (Wildman–Crippen LogP) is 1.05. The van der Waals surface area contributed by atoms with Gasteiger partial charge in [-0.3, -0.25) is 4.79 Å². The SMILES string of the molecule is O=C(NC[C@H]1CCOC1)[C@@H](CO)c1ccc(F)cc1. The molecule has 1 aliphatic heterocycles. The van der Waals surface area contributed by atoms with E-state index < -0.39 is 5.92 Å². The minimum Gasteiger partial charge on any atom is -0.395 e. The first-order chi connectivity index (χ1) is 9.20. The molecule has 2 N–H and O–H groups in total. The van der Waals surface area contributed by atoms with E-state index >= 15 is 0 Å².